The lowest BCUT2D eigenvalue weighted by molar-refractivity contribution is -0.384. The van der Waals surface area contributed by atoms with Crippen LogP contribution in [0.25, 0.3) is 0 Å². The van der Waals surface area contributed by atoms with Crippen molar-refractivity contribution >= 4 is 17.1 Å². The molecule has 1 aromatic carbocycles. The number of nitro benzene ring substituents is 1. The smallest absolute Gasteiger partial charge is 0.273 e. The molecule has 4 N–H and O–H groups in total. The van der Waals surface area contributed by atoms with Crippen LogP contribution in [-0.2, 0) is 0 Å². The number of nitrogens with zero attached hydrogens (tertiary/aromatic N) is 1. The number of anilines is 2. The fraction of sp³-hybridized carbons (Fsp3) is 0.500. The Hall–Kier alpha value is -1.82. The first-order valence-electron chi connectivity index (χ1n) is 5.92. The Morgan fingerprint density at radius 3 is 2.44 bits per heavy atom. The van der Waals surface area contributed by atoms with E-state index in [4.69, 9.17) is 5.84 Å². The third kappa shape index (κ3) is 3.89. The van der Waals surface area contributed by atoms with Crippen LogP contribution in [0.1, 0.15) is 33.6 Å². The number of non-ortho nitro benzene ring substituents is 1. The summed E-state index contributed by atoms with van der Waals surface area (Å²) in [5.41, 5.74) is 3.54. The number of benzene rings is 1. The van der Waals surface area contributed by atoms with E-state index in [2.05, 4.69) is 31.5 Å². The number of hydrogen-bond donors (Lipinski definition) is 3. The van der Waals surface area contributed by atoms with Gasteiger partial charge in [0, 0.05) is 23.4 Å². The van der Waals surface area contributed by atoms with Crippen molar-refractivity contribution in [1.82, 2.24) is 0 Å². The third-order valence-electron chi connectivity index (χ3n) is 2.65. The topological polar surface area (TPSA) is 93.2 Å². The highest BCUT2D eigenvalue weighted by Gasteiger charge is 2.18. The molecule has 0 atom stereocenters. The van der Waals surface area contributed by atoms with E-state index in [-0.39, 0.29) is 11.2 Å². The molecule has 1 rings (SSSR count). The van der Waals surface area contributed by atoms with Gasteiger partial charge in [-0.25, -0.2) is 0 Å². The molecule has 0 unspecified atom stereocenters. The van der Waals surface area contributed by atoms with E-state index < -0.39 is 4.92 Å². The van der Waals surface area contributed by atoms with Gasteiger partial charge in [0.25, 0.3) is 5.69 Å². The highest BCUT2D eigenvalue weighted by atomic mass is 16.6. The molecule has 0 saturated carbocycles. The predicted octanol–water partition coefficient (Wildman–Crippen LogP) is 2.87. The first kappa shape index (κ1) is 14.2. The van der Waals surface area contributed by atoms with E-state index in [0.717, 1.165) is 12.8 Å². The van der Waals surface area contributed by atoms with Crippen LogP contribution in [-0.4, -0.2) is 10.5 Å². The summed E-state index contributed by atoms with van der Waals surface area (Å²) >= 11 is 0. The second kappa shape index (κ2) is 5.68. The van der Waals surface area contributed by atoms with Crippen molar-refractivity contribution in [2.45, 2.75) is 39.2 Å². The zero-order valence-corrected chi connectivity index (χ0v) is 11.0. The van der Waals surface area contributed by atoms with Crippen LogP contribution in [0.2, 0.25) is 0 Å². The molecule has 0 heterocycles. The Bertz CT molecular complexity index is 432. The largest absolute Gasteiger partial charge is 0.380 e. The van der Waals surface area contributed by atoms with Gasteiger partial charge in [-0.15, -0.1) is 0 Å². The van der Waals surface area contributed by atoms with Crippen molar-refractivity contribution in [2.24, 2.45) is 5.84 Å². The molecular formula is C12H20N4O2. The monoisotopic (exact) mass is 252 g/mol. The Kier molecular flexibility index (Phi) is 4.49. The van der Waals surface area contributed by atoms with Crippen molar-refractivity contribution in [3.8, 4) is 0 Å². The van der Waals surface area contributed by atoms with Crippen LogP contribution in [0, 0.1) is 10.1 Å². The van der Waals surface area contributed by atoms with Crippen LogP contribution >= 0.6 is 0 Å². The van der Waals surface area contributed by atoms with Gasteiger partial charge in [0.2, 0.25) is 0 Å². The maximum Gasteiger partial charge on any atom is 0.273 e. The van der Waals surface area contributed by atoms with Crippen molar-refractivity contribution in [2.75, 3.05) is 10.7 Å². The van der Waals surface area contributed by atoms with Gasteiger partial charge in [0.15, 0.2) is 0 Å². The van der Waals surface area contributed by atoms with Crippen LogP contribution < -0.4 is 16.6 Å². The molecule has 0 aliphatic heterocycles. The minimum absolute atomic E-state index is 0.0141. The third-order valence-corrected chi connectivity index (χ3v) is 2.65. The molecule has 100 valence electrons. The van der Waals surface area contributed by atoms with E-state index in [1.54, 1.807) is 6.07 Å². The number of nitrogens with one attached hydrogen (secondary N) is 2. The standard InChI is InChI=1S/C12H20N4O2/c1-4-5-12(2,3)14-9-6-10(15-13)8-11(7-9)16(17)18/h6-8,14-15H,4-5,13H2,1-3H3. The second-order valence-electron chi connectivity index (χ2n) is 4.93. The Labute approximate surface area is 107 Å². The first-order valence-corrected chi connectivity index (χ1v) is 5.92. The first-order chi connectivity index (χ1) is 8.38. The van der Waals surface area contributed by atoms with Gasteiger partial charge >= 0.3 is 0 Å². The van der Waals surface area contributed by atoms with Crippen LogP contribution in [0.15, 0.2) is 18.2 Å². The van der Waals surface area contributed by atoms with Gasteiger partial charge in [0.1, 0.15) is 0 Å². The summed E-state index contributed by atoms with van der Waals surface area (Å²) in [7, 11) is 0. The highest BCUT2D eigenvalue weighted by molar-refractivity contribution is 5.63. The Morgan fingerprint density at radius 1 is 1.33 bits per heavy atom. The second-order valence-corrected chi connectivity index (χ2v) is 4.93. The molecule has 0 radical (unpaired) electrons. The summed E-state index contributed by atoms with van der Waals surface area (Å²) < 4.78 is 0. The van der Waals surface area contributed by atoms with Crippen molar-refractivity contribution < 1.29 is 4.92 Å². The zero-order valence-electron chi connectivity index (χ0n) is 11.0. The molecule has 0 fully saturated rings. The average molecular weight is 252 g/mol. The van der Waals surface area contributed by atoms with Crippen LogP contribution in [0.4, 0.5) is 17.1 Å². The molecule has 0 saturated heterocycles. The molecule has 0 aromatic heterocycles. The fourth-order valence-corrected chi connectivity index (χ4v) is 1.95. The van der Waals surface area contributed by atoms with Crippen molar-refractivity contribution in [3.63, 3.8) is 0 Å². The number of nitrogen functional groups attached to an aromatic ring is 1. The molecule has 6 nitrogen and oxygen atoms in total. The molecule has 0 aliphatic carbocycles. The minimum atomic E-state index is -0.432. The number of nitro groups is 1. The SMILES string of the molecule is CCCC(C)(C)Nc1cc(NN)cc([N+](=O)[O-])c1. The fourth-order valence-electron chi connectivity index (χ4n) is 1.95. The summed E-state index contributed by atoms with van der Waals surface area (Å²) in [6, 6.07) is 4.67. The summed E-state index contributed by atoms with van der Waals surface area (Å²) in [6.07, 6.45) is 2.01. The molecule has 0 aliphatic rings. The lowest BCUT2D eigenvalue weighted by Gasteiger charge is -2.27. The molecular weight excluding hydrogens is 232 g/mol. The molecule has 0 spiro atoms. The van der Waals surface area contributed by atoms with Gasteiger partial charge in [-0.3, -0.25) is 16.0 Å². The van der Waals surface area contributed by atoms with Gasteiger partial charge in [-0.2, -0.15) is 0 Å². The maximum atomic E-state index is 10.8. The molecule has 0 bridgehead atoms. The Morgan fingerprint density at radius 2 is 1.94 bits per heavy atom. The molecule has 0 amide bonds. The zero-order chi connectivity index (χ0) is 13.8. The molecule has 1 aromatic rings. The quantitative estimate of drug-likeness (QED) is 0.411. The van der Waals surface area contributed by atoms with Gasteiger partial charge in [-0.05, 0) is 26.3 Å². The number of nitrogens with two attached hydrogens (primary N) is 1. The van der Waals surface area contributed by atoms with Crippen molar-refractivity contribution in [1.29, 1.82) is 0 Å². The van der Waals surface area contributed by atoms with E-state index in [0.29, 0.717) is 11.4 Å². The van der Waals surface area contributed by atoms with Crippen molar-refractivity contribution in [3.05, 3.63) is 28.3 Å². The van der Waals surface area contributed by atoms with E-state index in [1.807, 2.05) is 0 Å². The predicted molar refractivity (Wildman–Crippen MR) is 73.5 cm³/mol. The van der Waals surface area contributed by atoms with Crippen LogP contribution in [0.5, 0.6) is 0 Å². The highest BCUT2D eigenvalue weighted by Crippen LogP contribution is 2.27. The minimum Gasteiger partial charge on any atom is -0.380 e. The normalized spacial score (nSPS) is 11.1. The Balaban J connectivity index is 3.01. The lowest BCUT2D eigenvalue weighted by Crippen LogP contribution is -2.30. The van der Waals surface area contributed by atoms with Gasteiger partial charge in [0.05, 0.1) is 10.6 Å². The average Bonchev–Trinajstić information content (AvgIpc) is 2.27. The van der Waals surface area contributed by atoms with Gasteiger partial charge in [-0.1, -0.05) is 13.3 Å². The maximum absolute atomic E-state index is 10.8. The summed E-state index contributed by atoms with van der Waals surface area (Å²) in [5.74, 6) is 5.31. The summed E-state index contributed by atoms with van der Waals surface area (Å²) in [5, 5.41) is 14.1. The summed E-state index contributed by atoms with van der Waals surface area (Å²) in [6.45, 7) is 6.22. The van der Waals surface area contributed by atoms with Gasteiger partial charge < -0.3 is 10.7 Å². The molecule has 18 heavy (non-hydrogen) atoms. The molecule has 6 heteroatoms. The number of rotatable bonds is 6. The number of hydrazine groups is 1. The van der Waals surface area contributed by atoms with E-state index in [9.17, 15) is 10.1 Å². The summed E-state index contributed by atoms with van der Waals surface area (Å²) in [4.78, 5) is 10.4. The number of hydrogen-bond acceptors (Lipinski definition) is 5. The van der Waals surface area contributed by atoms with E-state index >= 15 is 0 Å². The van der Waals surface area contributed by atoms with Crippen LogP contribution in [0.3, 0.4) is 0 Å². The lowest BCUT2D eigenvalue weighted by atomic mass is 9.98. The van der Waals surface area contributed by atoms with E-state index in [1.165, 1.54) is 12.1 Å².